The standard InChI is InChI=1S/C12H25S/c1-9(8-11(3,4)5)10(2)12(6,7)13/h9-10H,8H2,1-7H3. The second kappa shape index (κ2) is 4.25. The maximum Gasteiger partial charge on any atom is 0.0235 e. The summed E-state index contributed by atoms with van der Waals surface area (Å²) >= 11 is 5.47. The quantitative estimate of drug-likeness (QED) is 0.622. The first-order valence-electron chi connectivity index (χ1n) is 5.24. The zero-order chi connectivity index (χ0) is 10.9. The molecule has 0 heterocycles. The number of hydrogen-bond donors (Lipinski definition) is 0. The Morgan fingerprint density at radius 2 is 1.38 bits per heavy atom. The van der Waals surface area contributed by atoms with Gasteiger partial charge in [-0.2, -0.15) is 0 Å². The van der Waals surface area contributed by atoms with E-state index in [4.69, 9.17) is 12.6 Å². The van der Waals surface area contributed by atoms with E-state index in [1.807, 2.05) is 0 Å². The van der Waals surface area contributed by atoms with Crippen molar-refractivity contribution in [1.29, 1.82) is 0 Å². The van der Waals surface area contributed by atoms with Crippen LogP contribution < -0.4 is 0 Å². The first-order valence-corrected chi connectivity index (χ1v) is 5.65. The van der Waals surface area contributed by atoms with Crippen LogP contribution in [0.5, 0.6) is 0 Å². The van der Waals surface area contributed by atoms with Gasteiger partial charge < -0.3 is 0 Å². The third kappa shape index (κ3) is 5.61. The highest BCUT2D eigenvalue weighted by Crippen LogP contribution is 2.36. The molecule has 79 valence electrons. The fourth-order valence-corrected chi connectivity index (χ4v) is 2.06. The molecule has 0 aliphatic rings. The zero-order valence-electron chi connectivity index (χ0n) is 10.3. The molecule has 2 unspecified atom stereocenters. The summed E-state index contributed by atoms with van der Waals surface area (Å²) in [5, 5.41) is 0. The molecule has 0 amide bonds. The molecular weight excluding hydrogens is 176 g/mol. The molecule has 1 radical (unpaired) electrons. The van der Waals surface area contributed by atoms with Crippen LogP contribution in [0.25, 0.3) is 0 Å². The van der Waals surface area contributed by atoms with E-state index in [0.29, 0.717) is 17.3 Å². The monoisotopic (exact) mass is 201 g/mol. The van der Waals surface area contributed by atoms with Crippen LogP contribution in [0.4, 0.5) is 0 Å². The van der Waals surface area contributed by atoms with Gasteiger partial charge in [0.1, 0.15) is 0 Å². The smallest absolute Gasteiger partial charge is 0.0235 e. The van der Waals surface area contributed by atoms with Crippen LogP contribution in [0, 0.1) is 17.3 Å². The van der Waals surface area contributed by atoms with E-state index in [1.54, 1.807) is 0 Å². The summed E-state index contributed by atoms with van der Waals surface area (Å²) in [6.45, 7) is 15.8. The molecule has 0 spiro atoms. The van der Waals surface area contributed by atoms with E-state index in [9.17, 15) is 0 Å². The van der Waals surface area contributed by atoms with Gasteiger partial charge in [-0.1, -0.05) is 47.2 Å². The van der Waals surface area contributed by atoms with Crippen LogP contribution in [0.1, 0.15) is 54.9 Å². The predicted octanol–water partition coefficient (Wildman–Crippen LogP) is 4.67. The molecule has 0 nitrogen and oxygen atoms in total. The van der Waals surface area contributed by atoms with Gasteiger partial charge in [0.15, 0.2) is 0 Å². The molecule has 0 aliphatic carbocycles. The molecule has 0 aromatic heterocycles. The molecule has 13 heavy (non-hydrogen) atoms. The Labute approximate surface area is 89.9 Å². The van der Waals surface area contributed by atoms with Crippen LogP contribution in [0.15, 0.2) is 0 Å². The highest BCUT2D eigenvalue weighted by molar-refractivity contribution is 7.81. The minimum Gasteiger partial charge on any atom is -0.0870 e. The molecular formula is C12H25S. The molecule has 2 atom stereocenters. The van der Waals surface area contributed by atoms with Crippen LogP contribution in [-0.4, -0.2) is 4.75 Å². The normalized spacial score (nSPS) is 18.5. The Kier molecular flexibility index (Phi) is 4.36. The molecule has 0 saturated carbocycles. The minimum atomic E-state index is 0.0324. The summed E-state index contributed by atoms with van der Waals surface area (Å²) in [6.07, 6.45) is 1.26. The van der Waals surface area contributed by atoms with Crippen LogP contribution >= 0.6 is 12.6 Å². The van der Waals surface area contributed by atoms with E-state index in [2.05, 4.69) is 48.5 Å². The molecule has 1 heteroatoms. The van der Waals surface area contributed by atoms with Gasteiger partial charge in [0, 0.05) is 4.75 Å². The van der Waals surface area contributed by atoms with Crippen molar-refractivity contribution in [2.75, 3.05) is 0 Å². The Balaban J connectivity index is 4.20. The van der Waals surface area contributed by atoms with E-state index in [-0.39, 0.29) is 4.75 Å². The second-order valence-corrected chi connectivity index (χ2v) is 7.19. The average molecular weight is 201 g/mol. The lowest BCUT2D eigenvalue weighted by atomic mass is 9.76. The Bertz CT molecular complexity index is 147. The molecule has 0 aromatic carbocycles. The van der Waals surface area contributed by atoms with Gasteiger partial charge >= 0.3 is 0 Å². The molecule has 0 aliphatic heterocycles. The SMILES string of the molecule is CC(CC(C)(C)C)C(C)C(C)(C)[S]. The lowest BCUT2D eigenvalue weighted by molar-refractivity contribution is 0.225. The van der Waals surface area contributed by atoms with Gasteiger partial charge in [-0.05, 0) is 37.5 Å². The van der Waals surface area contributed by atoms with Crippen molar-refractivity contribution in [1.82, 2.24) is 0 Å². The predicted molar refractivity (Wildman–Crippen MR) is 64.1 cm³/mol. The van der Waals surface area contributed by atoms with Gasteiger partial charge in [0.2, 0.25) is 0 Å². The topological polar surface area (TPSA) is 0 Å². The van der Waals surface area contributed by atoms with Crippen molar-refractivity contribution in [3.63, 3.8) is 0 Å². The zero-order valence-corrected chi connectivity index (χ0v) is 11.1. The van der Waals surface area contributed by atoms with Crippen molar-refractivity contribution in [2.45, 2.75) is 59.6 Å². The maximum absolute atomic E-state index is 5.47. The molecule has 0 rings (SSSR count). The Hall–Kier alpha value is 0.350. The number of hydrogen-bond acceptors (Lipinski definition) is 0. The van der Waals surface area contributed by atoms with Gasteiger partial charge in [-0.3, -0.25) is 0 Å². The van der Waals surface area contributed by atoms with Crippen molar-refractivity contribution in [3.05, 3.63) is 0 Å². The summed E-state index contributed by atoms with van der Waals surface area (Å²) in [5.41, 5.74) is 0.425. The highest BCUT2D eigenvalue weighted by atomic mass is 32.1. The summed E-state index contributed by atoms with van der Waals surface area (Å²) in [5.74, 6) is 1.33. The van der Waals surface area contributed by atoms with Crippen LogP contribution in [-0.2, 0) is 0 Å². The molecule has 0 N–H and O–H groups in total. The van der Waals surface area contributed by atoms with Gasteiger partial charge in [-0.15, -0.1) is 0 Å². The molecule has 0 fully saturated rings. The van der Waals surface area contributed by atoms with Crippen LogP contribution in [0.2, 0.25) is 0 Å². The molecule has 0 saturated heterocycles. The highest BCUT2D eigenvalue weighted by Gasteiger charge is 2.29. The summed E-state index contributed by atoms with van der Waals surface area (Å²) in [4.78, 5) is 0. The van der Waals surface area contributed by atoms with Crippen molar-refractivity contribution < 1.29 is 0 Å². The lowest BCUT2D eigenvalue weighted by Crippen LogP contribution is -2.30. The van der Waals surface area contributed by atoms with Gasteiger partial charge in [0.25, 0.3) is 0 Å². The maximum atomic E-state index is 5.47. The third-order valence-corrected chi connectivity index (χ3v) is 3.26. The van der Waals surface area contributed by atoms with Crippen molar-refractivity contribution in [3.8, 4) is 0 Å². The van der Waals surface area contributed by atoms with E-state index in [1.165, 1.54) is 6.42 Å². The van der Waals surface area contributed by atoms with Gasteiger partial charge in [-0.25, -0.2) is 0 Å². The molecule has 0 bridgehead atoms. The van der Waals surface area contributed by atoms with E-state index < -0.39 is 0 Å². The Morgan fingerprint density at radius 1 is 1.00 bits per heavy atom. The summed E-state index contributed by atoms with van der Waals surface area (Å²) < 4.78 is 0.0324. The summed E-state index contributed by atoms with van der Waals surface area (Å²) in [6, 6.07) is 0. The van der Waals surface area contributed by atoms with E-state index in [0.717, 1.165) is 0 Å². The second-order valence-electron chi connectivity index (χ2n) is 6.13. The first-order chi connectivity index (χ1) is 5.54. The number of rotatable bonds is 3. The van der Waals surface area contributed by atoms with Crippen LogP contribution in [0.3, 0.4) is 0 Å². The fourth-order valence-electron chi connectivity index (χ4n) is 1.83. The largest absolute Gasteiger partial charge is 0.0870 e. The first kappa shape index (κ1) is 13.4. The van der Waals surface area contributed by atoms with E-state index >= 15 is 0 Å². The lowest BCUT2D eigenvalue weighted by Gasteiger charge is -2.34. The molecule has 0 aromatic rings. The Morgan fingerprint density at radius 3 is 1.62 bits per heavy atom. The van der Waals surface area contributed by atoms with Crippen molar-refractivity contribution >= 4 is 12.6 Å². The summed E-state index contributed by atoms with van der Waals surface area (Å²) in [7, 11) is 0. The third-order valence-electron chi connectivity index (χ3n) is 2.88. The van der Waals surface area contributed by atoms with Gasteiger partial charge in [0.05, 0.1) is 0 Å². The average Bonchev–Trinajstić information content (AvgIpc) is 1.79. The minimum absolute atomic E-state index is 0.0324. The fraction of sp³-hybridized carbons (Fsp3) is 1.00. The van der Waals surface area contributed by atoms with Crippen molar-refractivity contribution in [2.24, 2.45) is 17.3 Å².